The average Bonchev–Trinajstić information content (AvgIpc) is 2.70. The molecule has 6 nitrogen and oxygen atoms in total. The Labute approximate surface area is 158 Å². The number of para-hydroxylation sites is 1. The van der Waals surface area contributed by atoms with Crippen molar-refractivity contribution < 1.29 is 14.4 Å². The molecule has 27 heavy (non-hydrogen) atoms. The topological polar surface area (TPSA) is 87.3 Å². The van der Waals surface area contributed by atoms with E-state index in [-0.39, 0.29) is 30.1 Å². The Kier molecular flexibility index (Phi) is 5.86. The lowest BCUT2D eigenvalue weighted by Gasteiger charge is -2.24. The number of benzene rings is 2. The smallest absolute Gasteiger partial charge is 0.269 e. The number of nitrogens with one attached hydrogen (secondary N) is 3. The van der Waals surface area contributed by atoms with Crippen molar-refractivity contribution >= 4 is 23.4 Å². The third kappa shape index (κ3) is 4.73. The van der Waals surface area contributed by atoms with Crippen LogP contribution in [-0.2, 0) is 22.4 Å². The van der Waals surface area contributed by atoms with Gasteiger partial charge in [-0.15, -0.1) is 0 Å². The number of carbonyl (C=O) groups is 3. The molecule has 2 aromatic rings. The second-order valence-electron chi connectivity index (χ2n) is 6.64. The molecule has 0 aliphatic carbocycles. The molecule has 0 fully saturated rings. The van der Waals surface area contributed by atoms with Crippen molar-refractivity contribution in [3.63, 3.8) is 0 Å². The van der Waals surface area contributed by atoms with Crippen molar-refractivity contribution in [2.45, 2.75) is 32.6 Å². The zero-order valence-electron chi connectivity index (χ0n) is 15.2. The van der Waals surface area contributed by atoms with E-state index < -0.39 is 0 Å². The minimum absolute atomic E-state index is 0.0680. The van der Waals surface area contributed by atoms with Crippen LogP contribution in [0.3, 0.4) is 0 Å². The van der Waals surface area contributed by atoms with Crippen LogP contribution in [0.1, 0.15) is 41.3 Å². The van der Waals surface area contributed by atoms with Gasteiger partial charge in [-0.25, -0.2) is 0 Å². The van der Waals surface area contributed by atoms with E-state index in [9.17, 15) is 14.4 Å². The molecule has 6 heteroatoms. The van der Waals surface area contributed by atoms with Gasteiger partial charge in [0.15, 0.2) is 0 Å². The van der Waals surface area contributed by atoms with E-state index in [1.165, 1.54) is 0 Å². The number of aryl methyl sites for hydroxylation is 1. The molecule has 3 N–H and O–H groups in total. The summed E-state index contributed by atoms with van der Waals surface area (Å²) < 4.78 is 0. The second kappa shape index (κ2) is 8.49. The van der Waals surface area contributed by atoms with Crippen LogP contribution in [0.15, 0.2) is 48.5 Å². The maximum Gasteiger partial charge on any atom is 0.269 e. The number of carbonyl (C=O) groups excluding carboxylic acids is 3. The zero-order chi connectivity index (χ0) is 19.2. The molecule has 0 aromatic heterocycles. The third-order valence-corrected chi connectivity index (χ3v) is 4.77. The molecular formula is C21H23N3O3. The summed E-state index contributed by atoms with van der Waals surface area (Å²) in [7, 11) is 0. The average molecular weight is 365 g/mol. The molecule has 1 aliphatic heterocycles. The summed E-state index contributed by atoms with van der Waals surface area (Å²) >= 11 is 0. The van der Waals surface area contributed by atoms with Gasteiger partial charge >= 0.3 is 0 Å². The van der Waals surface area contributed by atoms with Crippen LogP contribution in [0.2, 0.25) is 0 Å². The Bertz CT molecular complexity index is 846. The highest BCUT2D eigenvalue weighted by molar-refractivity contribution is 5.96. The van der Waals surface area contributed by atoms with Gasteiger partial charge in [0.25, 0.3) is 5.91 Å². The SMILES string of the molecule is CCc1ccc(C(=O)NNC(=O)CCC2Cc3ccccc3NC2=O)cc1. The quantitative estimate of drug-likeness (QED) is 0.712. The minimum Gasteiger partial charge on any atom is -0.326 e. The van der Waals surface area contributed by atoms with Crippen LogP contribution in [-0.4, -0.2) is 17.7 Å². The summed E-state index contributed by atoms with van der Waals surface area (Å²) in [6, 6.07) is 14.9. The van der Waals surface area contributed by atoms with Gasteiger partial charge in [-0.1, -0.05) is 37.3 Å². The maximum absolute atomic E-state index is 12.2. The van der Waals surface area contributed by atoms with Crippen molar-refractivity contribution in [2.75, 3.05) is 5.32 Å². The monoisotopic (exact) mass is 365 g/mol. The van der Waals surface area contributed by atoms with Gasteiger partial charge in [-0.05, 0) is 48.6 Å². The predicted octanol–water partition coefficient (Wildman–Crippen LogP) is 2.60. The van der Waals surface area contributed by atoms with Gasteiger partial charge in [0.2, 0.25) is 11.8 Å². The van der Waals surface area contributed by atoms with Crippen LogP contribution in [0.4, 0.5) is 5.69 Å². The normalized spacial score (nSPS) is 15.4. The number of anilines is 1. The van der Waals surface area contributed by atoms with Gasteiger partial charge < -0.3 is 5.32 Å². The van der Waals surface area contributed by atoms with Crippen LogP contribution in [0.5, 0.6) is 0 Å². The fourth-order valence-corrected chi connectivity index (χ4v) is 3.10. The highest BCUT2D eigenvalue weighted by Crippen LogP contribution is 2.27. The summed E-state index contributed by atoms with van der Waals surface area (Å²) in [6.07, 6.45) is 2.10. The van der Waals surface area contributed by atoms with Gasteiger partial charge in [0.1, 0.15) is 0 Å². The molecule has 3 rings (SSSR count). The molecule has 140 valence electrons. The van der Waals surface area contributed by atoms with Crippen molar-refractivity contribution in [2.24, 2.45) is 5.92 Å². The largest absolute Gasteiger partial charge is 0.326 e. The first-order valence-electron chi connectivity index (χ1n) is 9.13. The molecule has 0 bridgehead atoms. The van der Waals surface area contributed by atoms with E-state index in [1.807, 2.05) is 43.3 Å². The molecule has 0 saturated heterocycles. The minimum atomic E-state index is -0.365. The number of amides is 3. The van der Waals surface area contributed by atoms with Crippen molar-refractivity contribution in [3.8, 4) is 0 Å². The summed E-state index contributed by atoms with van der Waals surface area (Å²) in [6.45, 7) is 2.04. The molecule has 1 unspecified atom stereocenters. The summed E-state index contributed by atoms with van der Waals surface area (Å²) in [4.78, 5) is 36.2. The van der Waals surface area contributed by atoms with Crippen molar-refractivity contribution in [3.05, 3.63) is 65.2 Å². The molecule has 1 aliphatic rings. The number of hydrogen-bond donors (Lipinski definition) is 3. The maximum atomic E-state index is 12.2. The number of rotatable bonds is 5. The first-order chi connectivity index (χ1) is 13.1. The molecule has 3 amide bonds. The summed E-state index contributed by atoms with van der Waals surface area (Å²) in [5.41, 5.74) is 8.36. The van der Waals surface area contributed by atoms with E-state index in [0.29, 0.717) is 18.4 Å². The standard InChI is InChI=1S/C21H23N3O3/c1-2-14-7-9-15(10-8-14)21(27)24-23-19(25)12-11-17-13-16-5-3-4-6-18(16)22-20(17)26/h3-10,17H,2,11-13H2,1H3,(H,22,26)(H,23,25)(H,24,27). The molecule has 0 radical (unpaired) electrons. The van der Waals surface area contributed by atoms with Gasteiger partial charge in [-0.2, -0.15) is 0 Å². The van der Waals surface area contributed by atoms with Crippen LogP contribution in [0.25, 0.3) is 0 Å². The second-order valence-corrected chi connectivity index (χ2v) is 6.64. The Morgan fingerprint density at radius 2 is 1.81 bits per heavy atom. The van der Waals surface area contributed by atoms with E-state index in [2.05, 4.69) is 16.2 Å². The molecule has 1 atom stereocenters. The third-order valence-electron chi connectivity index (χ3n) is 4.77. The Balaban J connectivity index is 1.45. The van der Waals surface area contributed by atoms with Crippen LogP contribution in [0, 0.1) is 5.92 Å². The lowest BCUT2D eigenvalue weighted by molar-refractivity contribution is -0.123. The Hall–Kier alpha value is -3.15. The van der Waals surface area contributed by atoms with Crippen LogP contribution < -0.4 is 16.2 Å². The lowest BCUT2D eigenvalue weighted by atomic mass is 9.89. The Morgan fingerprint density at radius 1 is 1.07 bits per heavy atom. The molecule has 0 saturated carbocycles. The van der Waals surface area contributed by atoms with E-state index >= 15 is 0 Å². The number of hydrogen-bond acceptors (Lipinski definition) is 3. The van der Waals surface area contributed by atoms with Crippen molar-refractivity contribution in [1.29, 1.82) is 0 Å². The fourth-order valence-electron chi connectivity index (χ4n) is 3.10. The first-order valence-corrected chi connectivity index (χ1v) is 9.13. The van der Waals surface area contributed by atoms with Gasteiger partial charge in [-0.3, -0.25) is 25.2 Å². The molecular weight excluding hydrogens is 342 g/mol. The molecule has 2 aromatic carbocycles. The zero-order valence-corrected chi connectivity index (χ0v) is 15.2. The van der Waals surface area contributed by atoms with Gasteiger partial charge in [0.05, 0.1) is 0 Å². The lowest BCUT2D eigenvalue weighted by Crippen LogP contribution is -2.42. The molecule has 0 spiro atoms. The van der Waals surface area contributed by atoms with E-state index in [1.54, 1.807) is 12.1 Å². The fraction of sp³-hybridized carbons (Fsp3) is 0.286. The molecule has 1 heterocycles. The Morgan fingerprint density at radius 3 is 2.56 bits per heavy atom. The first kappa shape index (κ1) is 18.6. The van der Waals surface area contributed by atoms with E-state index in [0.717, 1.165) is 23.2 Å². The van der Waals surface area contributed by atoms with Crippen LogP contribution >= 0.6 is 0 Å². The van der Waals surface area contributed by atoms with E-state index in [4.69, 9.17) is 0 Å². The predicted molar refractivity (Wildman–Crippen MR) is 103 cm³/mol. The van der Waals surface area contributed by atoms with Gasteiger partial charge in [0, 0.05) is 23.6 Å². The highest BCUT2D eigenvalue weighted by Gasteiger charge is 2.26. The number of hydrazine groups is 1. The number of fused-ring (bicyclic) bond motifs is 1. The highest BCUT2D eigenvalue weighted by atomic mass is 16.2. The summed E-state index contributed by atoms with van der Waals surface area (Å²) in [5, 5.41) is 2.87. The van der Waals surface area contributed by atoms with Crippen molar-refractivity contribution in [1.82, 2.24) is 10.9 Å². The summed E-state index contributed by atoms with van der Waals surface area (Å²) in [5.74, 6) is -1.000.